The SMILES string of the molecule is CC(=O)SCCN(C)C(=O)OCc1ccccc1. The molecule has 0 saturated heterocycles. The van der Waals surface area contributed by atoms with Gasteiger partial charge in [0.15, 0.2) is 5.12 Å². The summed E-state index contributed by atoms with van der Waals surface area (Å²) < 4.78 is 5.14. The Hall–Kier alpha value is -1.49. The zero-order valence-corrected chi connectivity index (χ0v) is 11.4. The number of benzene rings is 1. The third-order valence-corrected chi connectivity index (χ3v) is 3.04. The van der Waals surface area contributed by atoms with Gasteiger partial charge in [-0.3, -0.25) is 4.79 Å². The maximum atomic E-state index is 11.6. The van der Waals surface area contributed by atoms with Crippen LogP contribution in [0, 0.1) is 0 Å². The fourth-order valence-corrected chi connectivity index (χ4v) is 1.90. The first-order valence-electron chi connectivity index (χ1n) is 5.65. The molecule has 0 bridgehead atoms. The minimum absolute atomic E-state index is 0.0565. The van der Waals surface area contributed by atoms with Crippen molar-refractivity contribution < 1.29 is 14.3 Å². The van der Waals surface area contributed by atoms with Crippen molar-refractivity contribution in [1.82, 2.24) is 4.90 Å². The summed E-state index contributed by atoms with van der Waals surface area (Å²) in [6, 6.07) is 9.51. The average Bonchev–Trinajstić information content (AvgIpc) is 2.36. The van der Waals surface area contributed by atoms with Crippen molar-refractivity contribution in [2.75, 3.05) is 19.3 Å². The summed E-state index contributed by atoms with van der Waals surface area (Å²) in [4.78, 5) is 23.8. The van der Waals surface area contributed by atoms with Crippen LogP contribution in [0.2, 0.25) is 0 Å². The smallest absolute Gasteiger partial charge is 0.409 e. The summed E-state index contributed by atoms with van der Waals surface area (Å²) in [5.74, 6) is 0.590. The van der Waals surface area contributed by atoms with Gasteiger partial charge in [-0.1, -0.05) is 42.1 Å². The molecule has 4 nitrogen and oxygen atoms in total. The van der Waals surface area contributed by atoms with E-state index in [9.17, 15) is 9.59 Å². The van der Waals surface area contributed by atoms with Crippen LogP contribution in [0.5, 0.6) is 0 Å². The number of ether oxygens (including phenoxy) is 1. The van der Waals surface area contributed by atoms with Crippen LogP contribution in [0.4, 0.5) is 4.79 Å². The van der Waals surface area contributed by atoms with E-state index in [1.54, 1.807) is 7.05 Å². The van der Waals surface area contributed by atoms with Gasteiger partial charge in [0.25, 0.3) is 0 Å². The molecule has 0 atom stereocenters. The van der Waals surface area contributed by atoms with Gasteiger partial charge >= 0.3 is 6.09 Å². The molecule has 0 spiro atoms. The largest absolute Gasteiger partial charge is 0.445 e. The van der Waals surface area contributed by atoms with Crippen LogP contribution in [0.25, 0.3) is 0 Å². The summed E-state index contributed by atoms with van der Waals surface area (Å²) in [5, 5.41) is 0.0565. The van der Waals surface area contributed by atoms with Gasteiger partial charge in [-0.25, -0.2) is 4.79 Å². The molecule has 18 heavy (non-hydrogen) atoms. The number of hydrogen-bond acceptors (Lipinski definition) is 4. The van der Waals surface area contributed by atoms with Crippen molar-refractivity contribution in [2.24, 2.45) is 0 Å². The summed E-state index contributed by atoms with van der Waals surface area (Å²) >= 11 is 1.20. The number of hydrogen-bond donors (Lipinski definition) is 0. The zero-order chi connectivity index (χ0) is 13.4. The Labute approximate surface area is 111 Å². The molecule has 0 fully saturated rings. The van der Waals surface area contributed by atoms with E-state index in [4.69, 9.17) is 4.74 Å². The van der Waals surface area contributed by atoms with Crippen LogP contribution >= 0.6 is 11.8 Å². The molecule has 0 aliphatic rings. The van der Waals surface area contributed by atoms with Crippen molar-refractivity contribution in [3.63, 3.8) is 0 Å². The zero-order valence-electron chi connectivity index (χ0n) is 10.6. The molecule has 0 aliphatic carbocycles. The van der Waals surface area contributed by atoms with Crippen LogP contribution in [0.1, 0.15) is 12.5 Å². The van der Waals surface area contributed by atoms with Crippen molar-refractivity contribution >= 4 is 23.0 Å². The second kappa shape index (κ2) is 7.76. The lowest BCUT2D eigenvalue weighted by Gasteiger charge is -2.16. The Morgan fingerprint density at radius 3 is 2.56 bits per heavy atom. The molecule has 0 N–H and O–H groups in total. The molecule has 0 aliphatic heterocycles. The molecule has 98 valence electrons. The summed E-state index contributed by atoms with van der Waals surface area (Å²) in [7, 11) is 1.66. The van der Waals surface area contributed by atoms with Gasteiger partial charge in [0.1, 0.15) is 6.61 Å². The quantitative estimate of drug-likeness (QED) is 0.822. The molecule has 5 heteroatoms. The number of amides is 1. The minimum atomic E-state index is -0.372. The molecule has 1 amide bonds. The van der Waals surface area contributed by atoms with E-state index in [-0.39, 0.29) is 17.8 Å². The highest BCUT2D eigenvalue weighted by molar-refractivity contribution is 8.13. The lowest BCUT2D eigenvalue weighted by molar-refractivity contribution is -0.109. The lowest BCUT2D eigenvalue weighted by atomic mass is 10.2. The predicted octanol–water partition coefficient (Wildman–Crippen LogP) is 2.53. The Kier molecular flexibility index (Phi) is 6.28. The minimum Gasteiger partial charge on any atom is -0.445 e. The lowest BCUT2D eigenvalue weighted by Crippen LogP contribution is -2.29. The molecule has 1 rings (SSSR count). The maximum absolute atomic E-state index is 11.6. The van der Waals surface area contributed by atoms with E-state index in [1.165, 1.54) is 23.6 Å². The van der Waals surface area contributed by atoms with Gasteiger partial charge in [-0.15, -0.1) is 0 Å². The highest BCUT2D eigenvalue weighted by atomic mass is 32.2. The predicted molar refractivity (Wildman–Crippen MR) is 72.4 cm³/mol. The number of nitrogens with zero attached hydrogens (tertiary/aromatic N) is 1. The summed E-state index contributed by atoms with van der Waals surface area (Å²) in [6.45, 7) is 2.28. The second-order valence-corrected chi connectivity index (χ2v) is 5.07. The first kappa shape index (κ1) is 14.6. The molecule has 0 aromatic heterocycles. The monoisotopic (exact) mass is 267 g/mol. The second-order valence-electron chi connectivity index (χ2n) is 3.80. The normalized spacial score (nSPS) is 9.89. The van der Waals surface area contributed by atoms with Crippen LogP contribution < -0.4 is 0 Å². The summed E-state index contributed by atoms with van der Waals surface area (Å²) in [5.41, 5.74) is 0.956. The Morgan fingerprint density at radius 2 is 1.94 bits per heavy atom. The number of carbonyl (C=O) groups is 2. The highest BCUT2D eigenvalue weighted by Crippen LogP contribution is 2.04. The fraction of sp³-hybridized carbons (Fsp3) is 0.385. The highest BCUT2D eigenvalue weighted by Gasteiger charge is 2.10. The van der Waals surface area contributed by atoms with E-state index in [0.717, 1.165) is 5.56 Å². The third kappa shape index (κ3) is 5.72. The van der Waals surface area contributed by atoms with Gasteiger partial charge in [0, 0.05) is 26.3 Å². The molecular weight excluding hydrogens is 250 g/mol. The van der Waals surface area contributed by atoms with Crippen LogP contribution in [-0.2, 0) is 16.1 Å². The molecular formula is C13H17NO3S. The molecule has 1 aromatic carbocycles. The number of carbonyl (C=O) groups excluding carboxylic acids is 2. The average molecular weight is 267 g/mol. The van der Waals surface area contributed by atoms with E-state index in [2.05, 4.69) is 0 Å². The summed E-state index contributed by atoms with van der Waals surface area (Å²) in [6.07, 6.45) is -0.372. The standard InChI is InChI=1S/C13H17NO3S/c1-11(15)18-9-8-14(2)13(16)17-10-12-6-4-3-5-7-12/h3-7H,8-10H2,1-2H3. The van der Waals surface area contributed by atoms with Crippen molar-refractivity contribution in [2.45, 2.75) is 13.5 Å². The number of thioether (sulfide) groups is 1. The molecule has 0 saturated carbocycles. The van der Waals surface area contributed by atoms with Crippen molar-refractivity contribution in [3.8, 4) is 0 Å². The molecule has 0 heterocycles. The van der Waals surface area contributed by atoms with Gasteiger partial charge in [0.2, 0.25) is 0 Å². The van der Waals surface area contributed by atoms with Gasteiger partial charge < -0.3 is 9.64 Å². The molecule has 0 radical (unpaired) electrons. The topological polar surface area (TPSA) is 46.6 Å². The van der Waals surface area contributed by atoms with E-state index in [0.29, 0.717) is 12.3 Å². The van der Waals surface area contributed by atoms with Crippen molar-refractivity contribution in [3.05, 3.63) is 35.9 Å². The maximum Gasteiger partial charge on any atom is 0.409 e. The van der Waals surface area contributed by atoms with Gasteiger partial charge in [0.05, 0.1) is 0 Å². The van der Waals surface area contributed by atoms with Gasteiger partial charge in [-0.2, -0.15) is 0 Å². The van der Waals surface area contributed by atoms with E-state index in [1.807, 2.05) is 30.3 Å². The molecule has 0 unspecified atom stereocenters. The first-order chi connectivity index (χ1) is 8.59. The van der Waals surface area contributed by atoms with E-state index >= 15 is 0 Å². The first-order valence-corrected chi connectivity index (χ1v) is 6.63. The number of rotatable bonds is 5. The van der Waals surface area contributed by atoms with Crippen molar-refractivity contribution in [1.29, 1.82) is 0 Å². The van der Waals surface area contributed by atoms with Gasteiger partial charge in [-0.05, 0) is 5.56 Å². The Balaban J connectivity index is 2.25. The third-order valence-electron chi connectivity index (χ3n) is 2.25. The molecule has 1 aromatic rings. The van der Waals surface area contributed by atoms with Crippen LogP contribution in [0.15, 0.2) is 30.3 Å². The fourth-order valence-electron chi connectivity index (χ4n) is 1.25. The Bertz CT molecular complexity index is 394. The van der Waals surface area contributed by atoms with Crippen LogP contribution in [-0.4, -0.2) is 35.5 Å². The van der Waals surface area contributed by atoms with E-state index < -0.39 is 0 Å². The Morgan fingerprint density at radius 1 is 1.28 bits per heavy atom. The van der Waals surface area contributed by atoms with Crippen LogP contribution in [0.3, 0.4) is 0 Å².